The highest BCUT2D eigenvalue weighted by molar-refractivity contribution is 6.28. The Hall–Kier alpha value is -1.68. The van der Waals surface area contributed by atoms with Crippen molar-refractivity contribution in [2.24, 2.45) is 0 Å². The molecule has 1 N–H and O–H groups in total. The fourth-order valence-electron chi connectivity index (χ4n) is 3.38. The minimum Gasteiger partial charge on any atom is -0.325 e. The Bertz CT molecular complexity index is 623. The van der Waals surface area contributed by atoms with Crippen LogP contribution in [0.3, 0.4) is 0 Å². The first-order valence-electron chi connectivity index (χ1n) is 9.04. The SMILES string of the molecule is Clc1nc(Nc2ccccn2)cc(C2CCCCCCCCC2)n1. The van der Waals surface area contributed by atoms with Gasteiger partial charge >= 0.3 is 0 Å². The van der Waals surface area contributed by atoms with Gasteiger partial charge in [0.25, 0.3) is 0 Å². The maximum atomic E-state index is 6.18. The molecule has 1 fully saturated rings. The molecule has 2 aromatic heterocycles. The molecule has 0 saturated heterocycles. The fourth-order valence-corrected chi connectivity index (χ4v) is 3.57. The maximum absolute atomic E-state index is 6.18. The molecule has 0 spiro atoms. The molecule has 2 heterocycles. The topological polar surface area (TPSA) is 50.7 Å². The summed E-state index contributed by atoms with van der Waals surface area (Å²) in [4.78, 5) is 13.1. The number of anilines is 2. The van der Waals surface area contributed by atoms with Crippen LogP contribution in [0.4, 0.5) is 11.6 Å². The second-order valence-electron chi connectivity index (χ2n) is 6.54. The van der Waals surface area contributed by atoms with Crippen molar-refractivity contribution in [3.63, 3.8) is 0 Å². The molecule has 0 aliphatic heterocycles. The number of rotatable bonds is 3. The van der Waals surface area contributed by atoms with Crippen LogP contribution in [0.2, 0.25) is 5.28 Å². The zero-order chi connectivity index (χ0) is 16.6. The van der Waals surface area contributed by atoms with Crippen LogP contribution >= 0.6 is 11.6 Å². The highest BCUT2D eigenvalue weighted by Gasteiger charge is 2.16. The van der Waals surface area contributed by atoms with E-state index in [9.17, 15) is 0 Å². The Morgan fingerprint density at radius 1 is 0.875 bits per heavy atom. The number of hydrogen-bond donors (Lipinski definition) is 1. The van der Waals surface area contributed by atoms with Crippen molar-refractivity contribution in [2.75, 3.05) is 5.32 Å². The van der Waals surface area contributed by atoms with E-state index in [2.05, 4.69) is 20.3 Å². The Morgan fingerprint density at radius 2 is 1.58 bits per heavy atom. The molecule has 128 valence electrons. The molecular weight excluding hydrogens is 320 g/mol. The van der Waals surface area contributed by atoms with Gasteiger partial charge in [0.1, 0.15) is 11.6 Å². The standard InChI is InChI=1S/C19H25ClN4/c20-19-22-16(15-10-6-4-2-1-3-5-7-11-15)14-18(24-19)23-17-12-8-9-13-21-17/h8-9,12-15H,1-7,10-11H2,(H,21,22,23,24). The van der Waals surface area contributed by atoms with E-state index in [4.69, 9.17) is 11.6 Å². The summed E-state index contributed by atoms with van der Waals surface area (Å²) in [5.41, 5.74) is 1.06. The summed E-state index contributed by atoms with van der Waals surface area (Å²) in [5.74, 6) is 1.97. The molecular formula is C19H25ClN4. The summed E-state index contributed by atoms with van der Waals surface area (Å²) in [7, 11) is 0. The van der Waals surface area contributed by atoms with Gasteiger partial charge in [-0.2, -0.15) is 0 Å². The van der Waals surface area contributed by atoms with E-state index in [0.717, 1.165) is 17.3 Å². The molecule has 1 saturated carbocycles. The van der Waals surface area contributed by atoms with Gasteiger partial charge in [-0.3, -0.25) is 0 Å². The molecule has 2 aromatic rings. The molecule has 0 atom stereocenters. The zero-order valence-electron chi connectivity index (χ0n) is 14.0. The summed E-state index contributed by atoms with van der Waals surface area (Å²) >= 11 is 6.18. The van der Waals surface area contributed by atoms with Crippen LogP contribution in [0.15, 0.2) is 30.5 Å². The van der Waals surface area contributed by atoms with E-state index in [0.29, 0.717) is 11.2 Å². The van der Waals surface area contributed by atoms with Gasteiger partial charge in [0, 0.05) is 18.2 Å². The summed E-state index contributed by atoms with van der Waals surface area (Å²) < 4.78 is 0. The van der Waals surface area contributed by atoms with Crippen LogP contribution in [0.5, 0.6) is 0 Å². The first-order valence-corrected chi connectivity index (χ1v) is 9.41. The number of halogens is 1. The van der Waals surface area contributed by atoms with E-state index in [1.165, 1.54) is 57.8 Å². The van der Waals surface area contributed by atoms with Gasteiger partial charge in [0.15, 0.2) is 0 Å². The van der Waals surface area contributed by atoms with Crippen molar-refractivity contribution >= 4 is 23.2 Å². The molecule has 4 nitrogen and oxygen atoms in total. The third-order valence-corrected chi connectivity index (χ3v) is 4.83. The maximum Gasteiger partial charge on any atom is 0.224 e. The predicted molar refractivity (Wildman–Crippen MR) is 98.9 cm³/mol. The first-order chi connectivity index (χ1) is 11.8. The van der Waals surface area contributed by atoms with Crippen LogP contribution < -0.4 is 5.32 Å². The first kappa shape index (κ1) is 17.2. The average molecular weight is 345 g/mol. The van der Waals surface area contributed by atoms with Crippen molar-refractivity contribution in [1.82, 2.24) is 15.0 Å². The lowest BCUT2D eigenvalue weighted by molar-refractivity contribution is 0.457. The van der Waals surface area contributed by atoms with Crippen LogP contribution in [0.1, 0.15) is 69.4 Å². The van der Waals surface area contributed by atoms with Gasteiger partial charge in [-0.05, 0) is 36.6 Å². The number of hydrogen-bond acceptors (Lipinski definition) is 4. The molecule has 0 unspecified atom stereocenters. The summed E-state index contributed by atoms with van der Waals surface area (Å²) in [6.07, 6.45) is 13.5. The molecule has 0 amide bonds. The van der Waals surface area contributed by atoms with Crippen LogP contribution in [-0.2, 0) is 0 Å². The normalized spacial score (nSPS) is 17.4. The third-order valence-electron chi connectivity index (χ3n) is 4.66. The Labute approximate surface area is 149 Å². The van der Waals surface area contributed by atoms with E-state index >= 15 is 0 Å². The summed E-state index contributed by atoms with van der Waals surface area (Å²) in [6, 6.07) is 7.79. The highest BCUT2D eigenvalue weighted by Crippen LogP contribution is 2.30. The number of nitrogens with zero attached hydrogens (tertiary/aromatic N) is 3. The smallest absolute Gasteiger partial charge is 0.224 e. The monoisotopic (exact) mass is 344 g/mol. The largest absolute Gasteiger partial charge is 0.325 e. The Balaban J connectivity index is 1.75. The Morgan fingerprint density at radius 3 is 2.25 bits per heavy atom. The lowest BCUT2D eigenvalue weighted by atomic mass is 9.90. The fraction of sp³-hybridized carbons (Fsp3) is 0.526. The zero-order valence-corrected chi connectivity index (χ0v) is 14.8. The second-order valence-corrected chi connectivity index (χ2v) is 6.87. The molecule has 24 heavy (non-hydrogen) atoms. The molecule has 1 aliphatic rings. The van der Waals surface area contributed by atoms with E-state index in [1.807, 2.05) is 24.3 Å². The van der Waals surface area contributed by atoms with E-state index in [1.54, 1.807) is 6.20 Å². The van der Waals surface area contributed by atoms with Crippen molar-refractivity contribution in [3.05, 3.63) is 41.4 Å². The minimum absolute atomic E-state index is 0.308. The highest BCUT2D eigenvalue weighted by atomic mass is 35.5. The minimum atomic E-state index is 0.308. The number of nitrogens with one attached hydrogen (secondary N) is 1. The van der Waals surface area contributed by atoms with Gasteiger partial charge in [0.2, 0.25) is 5.28 Å². The molecule has 5 heteroatoms. The van der Waals surface area contributed by atoms with Crippen molar-refractivity contribution in [1.29, 1.82) is 0 Å². The van der Waals surface area contributed by atoms with Gasteiger partial charge in [-0.1, -0.05) is 51.0 Å². The van der Waals surface area contributed by atoms with Crippen LogP contribution in [-0.4, -0.2) is 15.0 Å². The van der Waals surface area contributed by atoms with Gasteiger partial charge in [-0.15, -0.1) is 0 Å². The van der Waals surface area contributed by atoms with Crippen molar-refractivity contribution in [3.8, 4) is 0 Å². The lowest BCUT2D eigenvalue weighted by Crippen LogP contribution is -2.06. The number of aromatic nitrogens is 3. The van der Waals surface area contributed by atoms with E-state index < -0.39 is 0 Å². The lowest BCUT2D eigenvalue weighted by Gasteiger charge is -2.19. The molecule has 3 rings (SSSR count). The quantitative estimate of drug-likeness (QED) is 0.706. The number of pyridine rings is 1. The van der Waals surface area contributed by atoms with E-state index in [-0.39, 0.29) is 0 Å². The third kappa shape index (κ3) is 5.17. The van der Waals surface area contributed by atoms with Crippen molar-refractivity contribution < 1.29 is 0 Å². The summed E-state index contributed by atoms with van der Waals surface area (Å²) in [6.45, 7) is 0. The summed E-state index contributed by atoms with van der Waals surface area (Å²) in [5, 5.41) is 3.54. The molecule has 0 radical (unpaired) electrons. The van der Waals surface area contributed by atoms with Gasteiger partial charge in [-0.25, -0.2) is 15.0 Å². The second kappa shape index (κ2) is 8.97. The molecule has 1 aliphatic carbocycles. The van der Waals surface area contributed by atoms with Gasteiger partial charge < -0.3 is 5.32 Å². The molecule has 0 bridgehead atoms. The van der Waals surface area contributed by atoms with Crippen molar-refractivity contribution in [2.45, 2.75) is 63.7 Å². The predicted octanol–water partition coefficient (Wildman–Crippen LogP) is 5.88. The van der Waals surface area contributed by atoms with Crippen LogP contribution in [0.25, 0.3) is 0 Å². The van der Waals surface area contributed by atoms with Gasteiger partial charge in [0.05, 0.1) is 5.69 Å². The average Bonchev–Trinajstić information content (AvgIpc) is 2.60. The Kier molecular flexibility index (Phi) is 6.41. The van der Waals surface area contributed by atoms with Crippen LogP contribution in [0, 0.1) is 0 Å². The molecule has 0 aromatic carbocycles.